The molecular formula is C23H28N+. The molecule has 0 aliphatic heterocycles. The number of aromatic nitrogens is 1. The smallest absolute Gasteiger partial charge is 0.198 e. The lowest BCUT2D eigenvalue weighted by Gasteiger charge is -2.13. The first-order valence-corrected chi connectivity index (χ1v) is 8.87. The second-order valence-electron chi connectivity index (χ2n) is 7.08. The molecule has 2 aromatic carbocycles. The van der Waals surface area contributed by atoms with Gasteiger partial charge in [0.25, 0.3) is 0 Å². The molecule has 3 rings (SSSR count). The first-order chi connectivity index (χ1) is 11.8. The van der Waals surface area contributed by atoms with Gasteiger partial charge in [0.15, 0.2) is 5.69 Å². The van der Waals surface area contributed by atoms with E-state index >= 15 is 0 Å². The first-order valence-electron chi connectivity index (χ1n) is 9.37. The molecule has 124 valence electrons. The second kappa shape index (κ2) is 6.39. The average molecular weight is 319 g/mol. The third kappa shape index (κ3) is 2.84. The second-order valence-corrected chi connectivity index (χ2v) is 7.08. The molecule has 0 unspecified atom stereocenters. The summed E-state index contributed by atoms with van der Waals surface area (Å²) in [6, 6.07) is 14.0. The maximum absolute atomic E-state index is 8.64. The summed E-state index contributed by atoms with van der Waals surface area (Å²) in [6.45, 7) is 10.8. The molecule has 0 radical (unpaired) electrons. The number of aryl methyl sites for hydroxylation is 2. The highest BCUT2D eigenvalue weighted by molar-refractivity contribution is 5.94. The van der Waals surface area contributed by atoms with Crippen LogP contribution in [0.5, 0.6) is 0 Å². The molecule has 0 saturated carbocycles. The molecule has 0 aliphatic rings. The van der Waals surface area contributed by atoms with E-state index in [9.17, 15) is 0 Å². The van der Waals surface area contributed by atoms with Crippen LogP contribution < -0.4 is 4.57 Å². The Hall–Kier alpha value is -2.15. The Kier molecular flexibility index (Phi) is 4.10. The molecule has 0 fully saturated rings. The van der Waals surface area contributed by atoms with Gasteiger partial charge in [0.05, 0.1) is 6.76 Å². The van der Waals surface area contributed by atoms with Crippen LogP contribution in [-0.4, -0.2) is 0 Å². The van der Waals surface area contributed by atoms with Crippen molar-refractivity contribution in [2.24, 2.45) is 7.05 Å². The van der Waals surface area contributed by atoms with Crippen molar-refractivity contribution in [3.05, 3.63) is 64.8 Å². The van der Waals surface area contributed by atoms with Crippen LogP contribution in [0, 0.1) is 13.8 Å². The zero-order chi connectivity index (χ0) is 18.3. The van der Waals surface area contributed by atoms with Crippen molar-refractivity contribution in [1.82, 2.24) is 0 Å². The van der Waals surface area contributed by atoms with Crippen molar-refractivity contribution < 1.29 is 5.94 Å². The Bertz CT molecular complexity index is 954. The molecule has 3 aromatic rings. The molecule has 1 nitrogen and oxygen atoms in total. The lowest BCUT2D eigenvalue weighted by Crippen LogP contribution is -2.35. The summed E-state index contributed by atoms with van der Waals surface area (Å²) in [4.78, 5) is 0. The summed E-state index contributed by atoms with van der Waals surface area (Å²) in [5.41, 5.74) is 7.40. The van der Waals surface area contributed by atoms with Gasteiger partial charge in [0.2, 0.25) is 5.69 Å². The SMILES string of the molecule is [2H]c1c(C)[n+](C)c(-c2cc(CC)ccc2C)c2ccc(C(C)C)cc12. The topological polar surface area (TPSA) is 3.88 Å². The Morgan fingerprint density at radius 1 is 1.08 bits per heavy atom. The summed E-state index contributed by atoms with van der Waals surface area (Å²) in [5, 5.41) is 2.22. The van der Waals surface area contributed by atoms with E-state index in [1.54, 1.807) is 0 Å². The summed E-state index contributed by atoms with van der Waals surface area (Å²) >= 11 is 0. The van der Waals surface area contributed by atoms with Gasteiger partial charge < -0.3 is 0 Å². The first kappa shape index (κ1) is 15.4. The van der Waals surface area contributed by atoms with Crippen molar-refractivity contribution in [2.45, 2.75) is 47.0 Å². The van der Waals surface area contributed by atoms with Gasteiger partial charge in [-0.1, -0.05) is 45.0 Å². The number of rotatable bonds is 3. The van der Waals surface area contributed by atoms with E-state index in [0.29, 0.717) is 12.0 Å². The van der Waals surface area contributed by atoms with Gasteiger partial charge in [-0.05, 0) is 53.5 Å². The molecule has 0 bridgehead atoms. The van der Waals surface area contributed by atoms with E-state index in [4.69, 9.17) is 1.37 Å². The van der Waals surface area contributed by atoms with Crippen molar-refractivity contribution in [3.63, 3.8) is 0 Å². The molecule has 0 atom stereocenters. The standard InChI is InChI=1S/C23H28N/c1-7-18-9-8-16(4)22(13-18)23-21-11-10-19(15(2)3)14-20(21)12-17(5)24(23)6/h8-15H,7H2,1-6H3/q+1/i12D. The Balaban J connectivity index is 2.43. The number of hydrogen-bond donors (Lipinski definition) is 0. The van der Waals surface area contributed by atoms with Gasteiger partial charge in [0.1, 0.15) is 7.05 Å². The van der Waals surface area contributed by atoms with Crippen LogP contribution in [-0.2, 0) is 13.5 Å². The van der Waals surface area contributed by atoms with Gasteiger partial charge in [-0.25, -0.2) is 0 Å². The fourth-order valence-electron chi connectivity index (χ4n) is 3.33. The Morgan fingerprint density at radius 3 is 2.50 bits per heavy atom. The lowest BCUT2D eigenvalue weighted by molar-refractivity contribution is -0.665. The largest absolute Gasteiger partial charge is 0.220 e. The summed E-state index contributed by atoms with van der Waals surface area (Å²) < 4.78 is 10.8. The normalized spacial score (nSPS) is 12.0. The minimum Gasteiger partial charge on any atom is -0.198 e. The predicted molar refractivity (Wildman–Crippen MR) is 104 cm³/mol. The van der Waals surface area contributed by atoms with Gasteiger partial charge in [-0.2, -0.15) is 4.57 Å². The van der Waals surface area contributed by atoms with E-state index in [0.717, 1.165) is 17.5 Å². The van der Waals surface area contributed by atoms with Gasteiger partial charge in [-0.15, -0.1) is 0 Å². The summed E-state index contributed by atoms with van der Waals surface area (Å²) in [5.74, 6) is 0.465. The van der Waals surface area contributed by atoms with Crippen molar-refractivity contribution in [1.29, 1.82) is 0 Å². The molecule has 1 aromatic heterocycles. The molecule has 0 N–H and O–H groups in total. The monoisotopic (exact) mass is 319 g/mol. The molecule has 0 saturated heterocycles. The van der Waals surface area contributed by atoms with Gasteiger partial charge in [-0.3, -0.25) is 0 Å². The Labute approximate surface area is 147 Å². The highest BCUT2D eigenvalue weighted by Gasteiger charge is 2.20. The van der Waals surface area contributed by atoms with E-state index in [1.165, 1.54) is 33.3 Å². The third-order valence-corrected chi connectivity index (χ3v) is 5.08. The molecule has 24 heavy (non-hydrogen) atoms. The van der Waals surface area contributed by atoms with Crippen LogP contribution in [0.15, 0.2) is 42.4 Å². The molecule has 0 aliphatic carbocycles. The maximum atomic E-state index is 8.64. The van der Waals surface area contributed by atoms with Crippen LogP contribution in [0.4, 0.5) is 0 Å². The molecule has 0 spiro atoms. The molecule has 1 heteroatoms. The van der Waals surface area contributed by atoms with Gasteiger partial charge >= 0.3 is 0 Å². The summed E-state index contributed by atoms with van der Waals surface area (Å²) in [7, 11) is 2.08. The van der Waals surface area contributed by atoms with E-state index in [2.05, 4.69) is 75.7 Å². The zero-order valence-corrected chi connectivity index (χ0v) is 15.7. The Morgan fingerprint density at radius 2 is 1.83 bits per heavy atom. The van der Waals surface area contributed by atoms with Crippen LogP contribution in [0.2, 0.25) is 0 Å². The minimum absolute atomic E-state index is 0.465. The maximum Gasteiger partial charge on any atom is 0.220 e. The molecular weight excluding hydrogens is 290 g/mol. The van der Waals surface area contributed by atoms with Crippen molar-refractivity contribution in [2.75, 3.05) is 0 Å². The van der Waals surface area contributed by atoms with E-state index < -0.39 is 0 Å². The van der Waals surface area contributed by atoms with Crippen LogP contribution in [0.25, 0.3) is 22.0 Å². The number of hydrogen-bond acceptors (Lipinski definition) is 0. The number of benzene rings is 2. The lowest BCUT2D eigenvalue weighted by atomic mass is 9.94. The third-order valence-electron chi connectivity index (χ3n) is 5.08. The summed E-state index contributed by atoms with van der Waals surface area (Å²) in [6.07, 6.45) is 1.03. The zero-order valence-electron chi connectivity index (χ0n) is 16.7. The number of pyridine rings is 1. The fourth-order valence-corrected chi connectivity index (χ4v) is 3.33. The number of fused-ring (bicyclic) bond motifs is 1. The van der Waals surface area contributed by atoms with Gasteiger partial charge in [0, 0.05) is 18.5 Å². The number of nitrogens with zero attached hydrogens (tertiary/aromatic N) is 1. The van der Waals surface area contributed by atoms with E-state index in [1.807, 2.05) is 6.92 Å². The van der Waals surface area contributed by atoms with Crippen molar-refractivity contribution in [3.8, 4) is 11.3 Å². The highest BCUT2D eigenvalue weighted by atomic mass is 14.9. The minimum atomic E-state index is 0.465. The van der Waals surface area contributed by atoms with Crippen LogP contribution >= 0.6 is 0 Å². The molecule has 0 amide bonds. The van der Waals surface area contributed by atoms with Crippen molar-refractivity contribution >= 4 is 10.8 Å². The molecule has 1 heterocycles. The van der Waals surface area contributed by atoms with E-state index in [-0.39, 0.29) is 0 Å². The predicted octanol–water partition coefficient (Wildman–Crippen LogP) is 5.63. The average Bonchev–Trinajstić information content (AvgIpc) is 2.61. The van der Waals surface area contributed by atoms with Crippen LogP contribution in [0.3, 0.4) is 0 Å². The highest BCUT2D eigenvalue weighted by Crippen LogP contribution is 2.31. The fraction of sp³-hybridized carbons (Fsp3) is 0.348. The quantitative estimate of drug-likeness (QED) is 0.550. The van der Waals surface area contributed by atoms with Crippen LogP contribution in [0.1, 0.15) is 50.4 Å².